The predicted molar refractivity (Wildman–Crippen MR) is 62.8 cm³/mol. The van der Waals surface area contributed by atoms with Crippen LogP contribution in [0, 0.1) is 0 Å². The lowest BCUT2D eigenvalue weighted by Crippen LogP contribution is -2.40. The second kappa shape index (κ2) is 6.08. The van der Waals surface area contributed by atoms with E-state index in [-0.39, 0.29) is 12.6 Å². The fourth-order valence-corrected chi connectivity index (χ4v) is 1.66. The van der Waals surface area contributed by atoms with Gasteiger partial charge in [-0.05, 0) is 24.7 Å². The van der Waals surface area contributed by atoms with Crippen molar-refractivity contribution in [3.63, 3.8) is 0 Å². The Bertz CT molecular complexity index is 302. The minimum absolute atomic E-state index is 0.00369. The molecule has 0 amide bonds. The van der Waals surface area contributed by atoms with E-state index in [0.717, 1.165) is 17.1 Å². The molecule has 1 rings (SSSR count). The normalized spacial score (nSPS) is 13.1. The lowest BCUT2D eigenvalue weighted by Gasteiger charge is -2.25. The molecule has 0 radical (unpaired) electrons. The number of rotatable bonds is 5. The first-order chi connectivity index (χ1) is 7.17. The Hall–Kier alpha value is -0.610. The van der Waals surface area contributed by atoms with E-state index in [0.29, 0.717) is 6.54 Å². The lowest BCUT2D eigenvalue weighted by atomic mass is 10.2. The fraction of sp³-hybridized carbons (Fsp3) is 0.455. The van der Waals surface area contributed by atoms with Crippen LogP contribution in [0.25, 0.3) is 0 Å². The van der Waals surface area contributed by atoms with Gasteiger partial charge in [0.05, 0.1) is 6.61 Å². The Morgan fingerprint density at radius 1 is 1.53 bits per heavy atom. The van der Waals surface area contributed by atoms with Crippen molar-refractivity contribution in [1.29, 1.82) is 0 Å². The van der Waals surface area contributed by atoms with Gasteiger partial charge >= 0.3 is 0 Å². The summed E-state index contributed by atoms with van der Waals surface area (Å²) in [7, 11) is 1.94. The van der Waals surface area contributed by atoms with E-state index in [1.807, 2.05) is 36.2 Å². The minimum Gasteiger partial charge on any atom is -0.395 e. The van der Waals surface area contributed by atoms with Gasteiger partial charge in [0, 0.05) is 24.2 Å². The molecule has 0 aliphatic carbocycles. The van der Waals surface area contributed by atoms with Crippen molar-refractivity contribution < 1.29 is 5.11 Å². The Balaban J connectivity index is 2.61. The Morgan fingerprint density at radius 2 is 2.27 bits per heavy atom. The molecule has 84 valence electrons. The molecule has 1 atom stereocenters. The average molecular weight is 229 g/mol. The van der Waals surface area contributed by atoms with E-state index in [9.17, 15) is 0 Å². The highest BCUT2D eigenvalue weighted by molar-refractivity contribution is 6.30. The zero-order valence-electron chi connectivity index (χ0n) is 8.86. The van der Waals surface area contributed by atoms with Gasteiger partial charge in [0.25, 0.3) is 0 Å². The summed E-state index contributed by atoms with van der Waals surface area (Å²) in [6.07, 6.45) is 0. The van der Waals surface area contributed by atoms with Gasteiger partial charge in [0.15, 0.2) is 0 Å². The molecule has 0 saturated heterocycles. The zero-order valence-corrected chi connectivity index (χ0v) is 9.61. The first-order valence-corrected chi connectivity index (χ1v) is 5.30. The van der Waals surface area contributed by atoms with Gasteiger partial charge in [0.2, 0.25) is 0 Å². The number of halogens is 1. The van der Waals surface area contributed by atoms with E-state index >= 15 is 0 Å². The monoisotopic (exact) mass is 228 g/mol. The molecule has 3 N–H and O–H groups in total. The summed E-state index contributed by atoms with van der Waals surface area (Å²) in [6, 6.07) is 7.69. The molecule has 0 heterocycles. The van der Waals surface area contributed by atoms with Gasteiger partial charge in [0.1, 0.15) is 0 Å². The largest absolute Gasteiger partial charge is 0.395 e. The number of nitrogens with zero attached hydrogens (tertiary/aromatic N) is 1. The SMILES string of the molecule is CN(Cc1cccc(Cl)c1)C(CN)CO. The van der Waals surface area contributed by atoms with E-state index < -0.39 is 0 Å². The number of aliphatic hydroxyl groups excluding tert-OH is 1. The molecule has 0 bridgehead atoms. The van der Waals surface area contributed by atoms with Crippen LogP contribution in [0.4, 0.5) is 0 Å². The van der Waals surface area contributed by atoms with Gasteiger partial charge < -0.3 is 10.8 Å². The van der Waals surface area contributed by atoms with Gasteiger partial charge in [-0.3, -0.25) is 4.90 Å². The third-order valence-corrected chi connectivity index (χ3v) is 2.66. The summed E-state index contributed by atoms with van der Waals surface area (Å²) >= 11 is 5.88. The molecular formula is C11H17ClN2O. The molecule has 4 heteroatoms. The molecule has 15 heavy (non-hydrogen) atoms. The van der Waals surface area contributed by atoms with Crippen LogP contribution in [0.2, 0.25) is 5.02 Å². The van der Waals surface area contributed by atoms with Crippen LogP contribution in [-0.2, 0) is 6.54 Å². The quantitative estimate of drug-likeness (QED) is 0.794. The second-order valence-corrected chi connectivity index (χ2v) is 4.05. The number of benzene rings is 1. The first-order valence-electron chi connectivity index (χ1n) is 4.93. The summed E-state index contributed by atoms with van der Waals surface area (Å²) in [5, 5.41) is 9.81. The fourth-order valence-electron chi connectivity index (χ4n) is 1.45. The van der Waals surface area contributed by atoms with Crippen molar-refractivity contribution in [2.45, 2.75) is 12.6 Å². The molecule has 0 aliphatic heterocycles. The van der Waals surface area contributed by atoms with Gasteiger partial charge in [-0.25, -0.2) is 0 Å². The van der Waals surface area contributed by atoms with Crippen LogP contribution >= 0.6 is 11.6 Å². The number of likely N-dealkylation sites (N-methyl/N-ethyl adjacent to an activating group) is 1. The molecule has 0 aromatic heterocycles. The van der Waals surface area contributed by atoms with Crippen LogP contribution in [0.1, 0.15) is 5.56 Å². The van der Waals surface area contributed by atoms with Crippen LogP contribution < -0.4 is 5.73 Å². The van der Waals surface area contributed by atoms with Crippen molar-refractivity contribution in [3.8, 4) is 0 Å². The topological polar surface area (TPSA) is 49.5 Å². The minimum atomic E-state index is 0.00369. The highest BCUT2D eigenvalue weighted by Gasteiger charge is 2.11. The smallest absolute Gasteiger partial charge is 0.0599 e. The van der Waals surface area contributed by atoms with Crippen molar-refractivity contribution in [1.82, 2.24) is 4.90 Å². The van der Waals surface area contributed by atoms with Crippen molar-refractivity contribution in [2.75, 3.05) is 20.2 Å². The number of hydrogen-bond acceptors (Lipinski definition) is 3. The van der Waals surface area contributed by atoms with Crippen LogP contribution in [-0.4, -0.2) is 36.2 Å². The maximum absolute atomic E-state index is 9.08. The van der Waals surface area contributed by atoms with E-state index in [2.05, 4.69) is 0 Å². The molecule has 0 saturated carbocycles. The maximum Gasteiger partial charge on any atom is 0.0599 e. The Morgan fingerprint density at radius 3 is 2.80 bits per heavy atom. The molecule has 1 aromatic carbocycles. The predicted octanol–water partition coefficient (Wildman–Crippen LogP) is 1.09. The molecule has 0 aliphatic rings. The molecule has 0 spiro atoms. The zero-order chi connectivity index (χ0) is 11.3. The van der Waals surface area contributed by atoms with Crippen molar-refractivity contribution in [2.24, 2.45) is 5.73 Å². The van der Waals surface area contributed by atoms with Gasteiger partial charge in [-0.1, -0.05) is 23.7 Å². The molecule has 1 aromatic rings. The Kier molecular flexibility index (Phi) is 5.05. The number of hydrogen-bond donors (Lipinski definition) is 2. The average Bonchev–Trinajstić information content (AvgIpc) is 2.19. The number of aliphatic hydroxyl groups is 1. The van der Waals surface area contributed by atoms with Crippen molar-refractivity contribution in [3.05, 3.63) is 34.9 Å². The van der Waals surface area contributed by atoms with Crippen molar-refractivity contribution >= 4 is 11.6 Å². The standard InChI is InChI=1S/C11H17ClN2O/c1-14(11(6-13)8-15)7-9-3-2-4-10(12)5-9/h2-5,11,15H,6-8,13H2,1H3. The Labute approximate surface area is 95.5 Å². The summed E-state index contributed by atoms with van der Waals surface area (Å²) in [5.41, 5.74) is 6.66. The summed E-state index contributed by atoms with van der Waals surface area (Å²) in [4.78, 5) is 2.02. The molecule has 1 unspecified atom stereocenters. The van der Waals surface area contributed by atoms with Crippen LogP contribution in [0.3, 0.4) is 0 Å². The molecular weight excluding hydrogens is 212 g/mol. The molecule has 0 fully saturated rings. The maximum atomic E-state index is 9.08. The second-order valence-electron chi connectivity index (χ2n) is 3.62. The van der Waals surface area contributed by atoms with Crippen LogP contribution in [0.15, 0.2) is 24.3 Å². The van der Waals surface area contributed by atoms with E-state index in [4.69, 9.17) is 22.4 Å². The molecule has 3 nitrogen and oxygen atoms in total. The van der Waals surface area contributed by atoms with Crippen LogP contribution in [0.5, 0.6) is 0 Å². The van der Waals surface area contributed by atoms with Gasteiger partial charge in [-0.15, -0.1) is 0 Å². The summed E-state index contributed by atoms with van der Waals surface area (Å²) in [6.45, 7) is 1.27. The third kappa shape index (κ3) is 3.80. The van der Waals surface area contributed by atoms with Gasteiger partial charge in [-0.2, -0.15) is 0 Å². The van der Waals surface area contributed by atoms with E-state index in [1.165, 1.54) is 0 Å². The van der Waals surface area contributed by atoms with E-state index in [1.54, 1.807) is 0 Å². The lowest BCUT2D eigenvalue weighted by molar-refractivity contribution is 0.146. The third-order valence-electron chi connectivity index (χ3n) is 2.43. The summed E-state index contributed by atoms with van der Waals surface area (Å²) < 4.78 is 0. The highest BCUT2D eigenvalue weighted by Crippen LogP contribution is 2.12. The summed E-state index contributed by atoms with van der Waals surface area (Å²) in [5.74, 6) is 0. The first kappa shape index (κ1) is 12.5. The number of nitrogens with two attached hydrogens (primary N) is 1. The highest BCUT2D eigenvalue weighted by atomic mass is 35.5.